The van der Waals surface area contributed by atoms with E-state index < -0.39 is 13.8 Å². The van der Waals surface area contributed by atoms with Crippen LogP contribution in [0.15, 0.2) is 0 Å². The monoisotopic (exact) mass is 214 g/mol. The zero-order valence-corrected chi connectivity index (χ0v) is 9.22. The number of rotatable bonds is 2. The van der Waals surface area contributed by atoms with Crippen LogP contribution in [0, 0.1) is 0 Å². The van der Waals surface area contributed by atoms with Gasteiger partial charge in [0.25, 0.3) is 0 Å². The molecule has 1 heterocycles. The van der Waals surface area contributed by atoms with Gasteiger partial charge in [0.1, 0.15) is 0 Å². The van der Waals surface area contributed by atoms with E-state index in [4.69, 9.17) is 0 Å². The molecule has 1 aliphatic rings. The molecule has 0 radical (unpaired) electrons. The Morgan fingerprint density at radius 1 is 1.42 bits per heavy atom. The molecule has 2 N–H and O–H groups in total. The molecule has 1 aliphatic heterocycles. The molecule has 0 aromatic heterocycles. The summed E-state index contributed by atoms with van der Waals surface area (Å²) in [5, 5.41) is 0. The molecule has 0 bridgehead atoms. The van der Waals surface area contributed by atoms with Crippen molar-refractivity contribution >= 4 is 13.8 Å². The Morgan fingerprint density at radius 3 is 2.17 bits per heavy atom. The normalized spacial score (nSPS) is 34.8. The summed E-state index contributed by atoms with van der Waals surface area (Å²) in [6.45, 7) is -1.85. The Hall–Kier alpha value is 0.540. The topological polar surface area (TPSA) is 66.8 Å². The van der Waals surface area contributed by atoms with Gasteiger partial charge in [-0.05, 0) is 0 Å². The number of hydrogen-bond acceptors (Lipinski definition) is 3. The van der Waals surface area contributed by atoms with Crippen molar-refractivity contribution in [2.75, 3.05) is 26.1 Å². The minimum absolute atomic E-state index is 0.465. The van der Waals surface area contributed by atoms with Crippen molar-refractivity contribution in [1.29, 1.82) is 0 Å². The summed E-state index contributed by atoms with van der Waals surface area (Å²) in [6.07, 6.45) is 2.60. The number of hydrogen-bond donors (Lipinski definition) is 2. The molecule has 0 saturated carbocycles. The van der Waals surface area contributed by atoms with Gasteiger partial charge >= 0.3 is 71.6 Å². The molecular weight excluding hydrogens is 198 g/mol. The summed E-state index contributed by atoms with van der Waals surface area (Å²) >= 11 is 0. The van der Waals surface area contributed by atoms with E-state index in [9.17, 15) is 14.4 Å². The van der Waals surface area contributed by atoms with Crippen LogP contribution in [0.25, 0.3) is 0 Å². The first-order valence-electron chi connectivity index (χ1n) is 3.95. The maximum atomic E-state index is 11.6. The molecule has 1 saturated heterocycles. The molecule has 12 heavy (non-hydrogen) atoms. The van der Waals surface area contributed by atoms with Crippen molar-refractivity contribution in [2.45, 2.75) is 12.8 Å². The van der Waals surface area contributed by atoms with Gasteiger partial charge in [0.05, 0.1) is 0 Å². The second kappa shape index (κ2) is 2.76. The molecule has 0 spiro atoms. The summed E-state index contributed by atoms with van der Waals surface area (Å²) in [4.78, 5) is 19.7. The van der Waals surface area contributed by atoms with Gasteiger partial charge in [-0.1, -0.05) is 0 Å². The van der Waals surface area contributed by atoms with Crippen molar-refractivity contribution in [3.63, 3.8) is 0 Å². The molecule has 4 nitrogen and oxygen atoms in total. The van der Waals surface area contributed by atoms with Crippen LogP contribution in [0.3, 0.4) is 0 Å². The van der Waals surface area contributed by atoms with Crippen LogP contribution in [0.5, 0.6) is 0 Å². The quantitative estimate of drug-likeness (QED) is 0.685. The molecule has 1 unspecified atom stereocenters. The van der Waals surface area contributed by atoms with E-state index in [1.165, 1.54) is 7.11 Å². The van der Waals surface area contributed by atoms with E-state index in [2.05, 4.69) is 4.52 Å². The van der Waals surface area contributed by atoms with E-state index in [0.717, 1.165) is 12.8 Å². The van der Waals surface area contributed by atoms with Gasteiger partial charge in [0.15, 0.2) is 0 Å². The fourth-order valence-corrected chi connectivity index (χ4v) is 8.70. The molecule has 6 heteroatoms. The van der Waals surface area contributed by atoms with Crippen molar-refractivity contribution in [3.05, 3.63) is 0 Å². The predicted octanol–water partition coefficient (Wildman–Crippen LogP) is 1.62. The Bertz CT molecular complexity index is 228. The average Bonchev–Trinajstić information content (AvgIpc) is 2.33. The van der Waals surface area contributed by atoms with Crippen molar-refractivity contribution in [1.82, 2.24) is 0 Å². The van der Waals surface area contributed by atoms with Crippen LogP contribution in [0.1, 0.15) is 12.8 Å². The Kier molecular flexibility index (Phi) is 2.45. The molecule has 0 aliphatic carbocycles. The van der Waals surface area contributed by atoms with Gasteiger partial charge in [-0.25, -0.2) is 0 Å². The van der Waals surface area contributed by atoms with Crippen LogP contribution >= 0.6 is 13.8 Å². The molecule has 1 atom stereocenters. The van der Waals surface area contributed by atoms with Gasteiger partial charge in [-0.15, -0.1) is 0 Å². The van der Waals surface area contributed by atoms with Crippen molar-refractivity contribution in [2.24, 2.45) is 0 Å². The molecule has 0 amide bonds. The van der Waals surface area contributed by atoms with E-state index >= 15 is 0 Å². The van der Waals surface area contributed by atoms with Crippen LogP contribution < -0.4 is 0 Å². The van der Waals surface area contributed by atoms with Gasteiger partial charge in [-0.3, -0.25) is 0 Å². The second-order valence-electron chi connectivity index (χ2n) is 3.74. The Morgan fingerprint density at radius 2 is 1.83 bits per heavy atom. The van der Waals surface area contributed by atoms with Crippen LogP contribution in [-0.4, -0.2) is 35.9 Å². The van der Waals surface area contributed by atoms with Crippen molar-refractivity contribution < 1.29 is 18.9 Å². The van der Waals surface area contributed by atoms with Crippen LogP contribution in [0.4, 0.5) is 0 Å². The zero-order valence-electron chi connectivity index (χ0n) is 7.43. The molecule has 0 aromatic carbocycles. The average molecular weight is 214 g/mol. The fraction of sp³-hybridized carbons (Fsp3) is 1.00. The van der Waals surface area contributed by atoms with Gasteiger partial charge in [0.2, 0.25) is 0 Å². The second-order valence-corrected chi connectivity index (χ2v) is 14.8. The first-order chi connectivity index (χ1) is 5.31. The summed E-state index contributed by atoms with van der Waals surface area (Å²) in [7, 11) is -2.57. The van der Waals surface area contributed by atoms with E-state index in [-0.39, 0.29) is 0 Å². The molecule has 1 fully saturated rings. The minimum atomic E-state index is -3.76. The maximum absolute atomic E-state index is 11.6. The standard InChI is InChI=1S/C6H16O4P2/c1-10-11(7,8)12(2,9)5-3-4-6-12/h9H,3-6H2,1-2H3,(H,7,8). The Labute approximate surface area is 72.4 Å². The van der Waals surface area contributed by atoms with Crippen LogP contribution in [-0.2, 0) is 9.09 Å². The molecular formula is C6H16O4P2. The summed E-state index contributed by atoms with van der Waals surface area (Å²) in [5.41, 5.74) is 0. The Balaban J connectivity index is 3.04. The first-order valence-corrected chi connectivity index (χ1v) is 9.24. The first kappa shape index (κ1) is 10.6. The van der Waals surface area contributed by atoms with Crippen LogP contribution in [0.2, 0.25) is 0 Å². The fourth-order valence-electron chi connectivity index (χ4n) is 1.64. The van der Waals surface area contributed by atoms with Gasteiger partial charge in [0, 0.05) is 0 Å². The summed E-state index contributed by atoms with van der Waals surface area (Å²) in [6, 6.07) is 0. The SMILES string of the molecule is COP(=O)(O)P1(C)(O)CCCC1. The van der Waals surface area contributed by atoms with E-state index in [0.29, 0.717) is 12.3 Å². The van der Waals surface area contributed by atoms with E-state index in [1.807, 2.05) is 0 Å². The third-order valence-corrected chi connectivity index (χ3v) is 13.6. The molecule has 1 rings (SSSR count). The third-order valence-electron chi connectivity index (χ3n) is 2.69. The third kappa shape index (κ3) is 1.36. The van der Waals surface area contributed by atoms with Gasteiger partial charge in [-0.2, -0.15) is 0 Å². The predicted molar refractivity (Wildman–Crippen MR) is 50.9 cm³/mol. The zero-order chi connectivity index (χ0) is 9.48. The summed E-state index contributed by atoms with van der Waals surface area (Å²) in [5.74, 6) is 0. The summed E-state index contributed by atoms with van der Waals surface area (Å²) < 4.78 is 16.1. The van der Waals surface area contributed by atoms with Crippen molar-refractivity contribution in [3.8, 4) is 0 Å². The van der Waals surface area contributed by atoms with Gasteiger partial charge < -0.3 is 0 Å². The molecule has 0 aromatic rings. The molecule has 74 valence electrons. The van der Waals surface area contributed by atoms with E-state index in [1.54, 1.807) is 6.66 Å².